The van der Waals surface area contributed by atoms with Gasteiger partial charge in [-0.3, -0.25) is 4.79 Å². The molecule has 7 heteroatoms. The summed E-state index contributed by atoms with van der Waals surface area (Å²) < 4.78 is 4.92. The molecule has 0 saturated heterocycles. The number of anilines is 3. The number of aromatic nitrogens is 3. The van der Waals surface area contributed by atoms with E-state index in [9.17, 15) is 4.79 Å². The average molecular weight is 309 g/mol. The average Bonchev–Trinajstić information content (AvgIpc) is 3.00. The van der Waals surface area contributed by atoms with Crippen LogP contribution in [0.1, 0.15) is 16.2 Å². The Morgan fingerprint density at radius 3 is 2.70 bits per heavy atom. The summed E-state index contributed by atoms with van der Waals surface area (Å²) in [5, 5.41) is 6.36. The maximum atomic E-state index is 12.2. The fourth-order valence-corrected chi connectivity index (χ4v) is 2.01. The number of hydrogen-bond acceptors (Lipinski definition) is 6. The zero-order valence-electron chi connectivity index (χ0n) is 12.7. The van der Waals surface area contributed by atoms with Gasteiger partial charge in [0, 0.05) is 25.0 Å². The monoisotopic (exact) mass is 309 g/mol. The topological polar surface area (TPSA) is 84.2 Å². The maximum absolute atomic E-state index is 12.2. The van der Waals surface area contributed by atoms with E-state index >= 15 is 0 Å². The first-order valence-electron chi connectivity index (χ1n) is 7.00. The summed E-state index contributed by atoms with van der Waals surface area (Å²) in [6, 6.07) is 12.8. The Labute approximate surface area is 133 Å². The molecule has 1 aromatic carbocycles. The van der Waals surface area contributed by atoms with Crippen LogP contribution in [0.5, 0.6) is 0 Å². The van der Waals surface area contributed by atoms with Crippen LogP contribution in [-0.2, 0) is 0 Å². The molecule has 7 nitrogen and oxygen atoms in total. The molecule has 0 aliphatic heterocycles. The Hall–Kier alpha value is -3.22. The van der Waals surface area contributed by atoms with Crippen molar-refractivity contribution < 1.29 is 9.32 Å². The summed E-state index contributed by atoms with van der Waals surface area (Å²) >= 11 is 0. The zero-order chi connectivity index (χ0) is 16.2. The molecule has 0 aliphatic rings. The van der Waals surface area contributed by atoms with Crippen molar-refractivity contribution in [1.29, 1.82) is 0 Å². The number of nitrogens with one attached hydrogen (secondary N) is 1. The first-order valence-corrected chi connectivity index (χ1v) is 7.00. The van der Waals surface area contributed by atoms with Gasteiger partial charge in [0.05, 0.1) is 0 Å². The number of para-hydroxylation sites is 1. The van der Waals surface area contributed by atoms with Crippen molar-refractivity contribution in [1.82, 2.24) is 15.1 Å². The van der Waals surface area contributed by atoms with Crippen LogP contribution in [0, 0.1) is 6.92 Å². The fourth-order valence-electron chi connectivity index (χ4n) is 2.01. The van der Waals surface area contributed by atoms with Crippen LogP contribution in [0.4, 0.5) is 17.5 Å². The van der Waals surface area contributed by atoms with Crippen LogP contribution >= 0.6 is 0 Å². The van der Waals surface area contributed by atoms with Crippen molar-refractivity contribution in [2.45, 2.75) is 6.92 Å². The second-order valence-corrected chi connectivity index (χ2v) is 4.91. The number of rotatable bonds is 4. The molecular formula is C16H15N5O2. The third kappa shape index (κ3) is 3.34. The third-order valence-corrected chi connectivity index (χ3v) is 3.19. The summed E-state index contributed by atoms with van der Waals surface area (Å²) in [7, 11) is 1.84. The van der Waals surface area contributed by atoms with Gasteiger partial charge in [-0.25, -0.2) is 9.97 Å². The molecule has 1 N–H and O–H groups in total. The number of carbonyl (C=O) groups excluding carboxylic acids is 1. The number of aryl methyl sites for hydroxylation is 1. The van der Waals surface area contributed by atoms with Gasteiger partial charge < -0.3 is 14.7 Å². The highest BCUT2D eigenvalue weighted by Gasteiger charge is 2.13. The molecule has 0 fully saturated rings. The lowest BCUT2D eigenvalue weighted by Gasteiger charge is -2.17. The van der Waals surface area contributed by atoms with Crippen LogP contribution < -0.4 is 10.2 Å². The standard InChI is InChI=1S/C16H15N5O2/c1-11-10-14(20-23-11)19-15(22)13-8-9-17-16(18-13)21(2)12-6-4-3-5-7-12/h3-10H,1-2H3,(H,19,20,22). The summed E-state index contributed by atoms with van der Waals surface area (Å²) in [4.78, 5) is 22.5. The van der Waals surface area contributed by atoms with Gasteiger partial charge in [-0.05, 0) is 25.1 Å². The van der Waals surface area contributed by atoms with Crippen LogP contribution in [0.3, 0.4) is 0 Å². The summed E-state index contributed by atoms with van der Waals surface area (Å²) in [6.07, 6.45) is 1.55. The number of amides is 1. The maximum Gasteiger partial charge on any atom is 0.275 e. The molecular weight excluding hydrogens is 294 g/mol. The highest BCUT2D eigenvalue weighted by molar-refractivity contribution is 6.02. The van der Waals surface area contributed by atoms with Crippen LogP contribution in [-0.4, -0.2) is 28.1 Å². The zero-order valence-corrected chi connectivity index (χ0v) is 12.7. The Balaban J connectivity index is 1.80. The van der Waals surface area contributed by atoms with Crippen molar-refractivity contribution in [2.24, 2.45) is 0 Å². The second kappa shape index (κ2) is 6.27. The third-order valence-electron chi connectivity index (χ3n) is 3.19. The van der Waals surface area contributed by atoms with Gasteiger partial charge in [0.25, 0.3) is 5.91 Å². The van der Waals surface area contributed by atoms with Gasteiger partial charge in [-0.15, -0.1) is 0 Å². The fraction of sp³-hybridized carbons (Fsp3) is 0.125. The molecule has 0 saturated carbocycles. The van der Waals surface area contributed by atoms with E-state index in [0.29, 0.717) is 17.5 Å². The SMILES string of the molecule is Cc1cc(NC(=O)c2ccnc(N(C)c3ccccc3)n2)no1. The Morgan fingerprint density at radius 1 is 1.22 bits per heavy atom. The number of nitrogens with zero attached hydrogens (tertiary/aromatic N) is 4. The van der Waals surface area contributed by atoms with Gasteiger partial charge in [-0.2, -0.15) is 0 Å². The van der Waals surface area contributed by atoms with Gasteiger partial charge in [-0.1, -0.05) is 23.4 Å². The molecule has 0 spiro atoms. The molecule has 3 rings (SSSR count). The van der Waals surface area contributed by atoms with E-state index in [1.54, 1.807) is 30.2 Å². The van der Waals surface area contributed by atoms with Gasteiger partial charge in [0.2, 0.25) is 5.95 Å². The molecule has 23 heavy (non-hydrogen) atoms. The lowest BCUT2D eigenvalue weighted by molar-refractivity contribution is 0.102. The minimum absolute atomic E-state index is 0.249. The molecule has 1 amide bonds. The summed E-state index contributed by atoms with van der Waals surface area (Å²) in [5.41, 5.74) is 1.18. The summed E-state index contributed by atoms with van der Waals surface area (Å²) in [6.45, 7) is 1.75. The van der Waals surface area contributed by atoms with Crippen LogP contribution in [0.15, 0.2) is 53.2 Å². The van der Waals surface area contributed by atoms with E-state index in [-0.39, 0.29) is 11.6 Å². The van der Waals surface area contributed by atoms with Gasteiger partial charge in [0.15, 0.2) is 5.82 Å². The van der Waals surface area contributed by atoms with Crippen molar-refractivity contribution in [3.63, 3.8) is 0 Å². The van der Waals surface area contributed by atoms with E-state index in [4.69, 9.17) is 4.52 Å². The number of benzene rings is 1. The molecule has 116 valence electrons. The largest absolute Gasteiger partial charge is 0.360 e. The first-order chi connectivity index (χ1) is 11.1. The molecule has 0 aliphatic carbocycles. The van der Waals surface area contributed by atoms with E-state index in [1.165, 1.54) is 0 Å². The Bertz CT molecular complexity index is 816. The number of hydrogen-bond donors (Lipinski definition) is 1. The van der Waals surface area contributed by atoms with Crippen LogP contribution in [0.25, 0.3) is 0 Å². The normalized spacial score (nSPS) is 10.3. The lowest BCUT2D eigenvalue weighted by atomic mass is 10.3. The lowest BCUT2D eigenvalue weighted by Crippen LogP contribution is -2.18. The molecule has 0 radical (unpaired) electrons. The predicted molar refractivity (Wildman–Crippen MR) is 85.7 cm³/mol. The van der Waals surface area contributed by atoms with Crippen molar-refractivity contribution in [2.75, 3.05) is 17.3 Å². The predicted octanol–water partition coefficient (Wildman–Crippen LogP) is 2.79. The minimum Gasteiger partial charge on any atom is -0.360 e. The van der Waals surface area contributed by atoms with E-state index in [0.717, 1.165) is 5.69 Å². The minimum atomic E-state index is -0.372. The smallest absolute Gasteiger partial charge is 0.275 e. The van der Waals surface area contributed by atoms with E-state index < -0.39 is 0 Å². The molecule has 2 heterocycles. The molecule has 3 aromatic rings. The highest BCUT2D eigenvalue weighted by Crippen LogP contribution is 2.19. The van der Waals surface area contributed by atoms with Crippen LogP contribution in [0.2, 0.25) is 0 Å². The molecule has 2 aromatic heterocycles. The molecule has 0 atom stereocenters. The first kappa shape index (κ1) is 14.7. The quantitative estimate of drug-likeness (QED) is 0.797. The summed E-state index contributed by atoms with van der Waals surface area (Å²) in [5.74, 6) is 1.03. The van der Waals surface area contributed by atoms with Crippen molar-refractivity contribution >= 4 is 23.4 Å². The van der Waals surface area contributed by atoms with Gasteiger partial charge >= 0.3 is 0 Å². The van der Waals surface area contributed by atoms with Crippen molar-refractivity contribution in [3.05, 3.63) is 60.1 Å². The molecule has 0 unspecified atom stereocenters. The number of carbonyl (C=O) groups is 1. The van der Waals surface area contributed by atoms with E-state index in [2.05, 4.69) is 20.4 Å². The van der Waals surface area contributed by atoms with E-state index in [1.807, 2.05) is 37.4 Å². The Kier molecular flexibility index (Phi) is 4.01. The Morgan fingerprint density at radius 2 is 2.00 bits per heavy atom. The second-order valence-electron chi connectivity index (χ2n) is 4.91. The van der Waals surface area contributed by atoms with Crippen molar-refractivity contribution in [3.8, 4) is 0 Å². The highest BCUT2D eigenvalue weighted by atomic mass is 16.5. The molecule has 0 bridgehead atoms. The van der Waals surface area contributed by atoms with Gasteiger partial charge in [0.1, 0.15) is 11.5 Å².